The van der Waals surface area contributed by atoms with E-state index in [1.807, 2.05) is 69.2 Å². The van der Waals surface area contributed by atoms with E-state index < -0.39 is 25.6 Å². The van der Waals surface area contributed by atoms with Gasteiger partial charge in [-0.15, -0.1) is 0 Å². The summed E-state index contributed by atoms with van der Waals surface area (Å²) in [5, 5.41) is 0. The van der Waals surface area contributed by atoms with Gasteiger partial charge >= 0.3 is 8.80 Å². The molecule has 128 valence electrons. The van der Waals surface area contributed by atoms with Crippen LogP contribution in [0.5, 0.6) is 0 Å². The van der Waals surface area contributed by atoms with Gasteiger partial charge in [-0.05, 0) is 62.3 Å². The molecule has 21 heavy (non-hydrogen) atoms. The first kappa shape index (κ1) is 21.0. The molecule has 0 fully saturated rings. The van der Waals surface area contributed by atoms with Crippen molar-refractivity contribution in [3.8, 4) is 0 Å². The first-order chi connectivity index (χ1) is 9.18. The Kier molecular flexibility index (Phi) is 7.49. The summed E-state index contributed by atoms with van der Waals surface area (Å²) in [5.41, 5.74) is -1.49. The van der Waals surface area contributed by atoms with Gasteiger partial charge in [0.2, 0.25) is 0 Å². The molecule has 0 bridgehead atoms. The summed E-state index contributed by atoms with van der Waals surface area (Å²) in [5.74, 6) is 0. The highest BCUT2D eigenvalue weighted by atomic mass is 28.4. The minimum Gasteiger partial charge on any atom is -0.237 e. The molecule has 0 rings (SSSR count). The van der Waals surface area contributed by atoms with E-state index >= 15 is 0 Å². The molecule has 0 aliphatic carbocycles. The lowest BCUT2D eigenvalue weighted by atomic mass is 10.2. The fraction of sp³-hybridized carbons (Fsp3) is 1.00. The zero-order valence-corrected chi connectivity index (χ0v) is 16.2. The van der Waals surface area contributed by atoms with Gasteiger partial charge in [0.05, 0.1) is 16.8 Å². The van der Waals surface area contributed by atoms with E-state index in [-0.39, 0.29) is 0 Å². The summed E-state index contributed by atoms with van der Waals surface area (Å²) in [7, 11) is -3.27. The summed E-state index contributed by atoms with van der Waals surface area (Å²) >= 11 is 0. The maximum absolute atomic E-state index is 5.48. The Bertz CT molecular complexity index is 255. The monoisotopic (exact) mass is 324 g/mol. The molecule has 0 aliphatic heterocycles. The third-order valence-corrected chi connectivity index (χ3v) is 3.57. The van der Waals surface area contributed by atoms with Gasteiger partial charge in [0.25, 0.3) is 0 Å². The Labute approximate surface area is 130 Å². The average molecular weight is 324 g/mol. The highest BCUT2D eigenvalue weighted by molar-refractivity contribution is 6.59. The summed E-state index contributed by atoms with van der Waals surface area (Å²) in [6.07, 6.45) is 0. The third kappa shape index (κ3) is 11.2. The van der Waals surface area contributed by atoms with Gasteiger partial charge in [-0.25, -0.2) is 28.4 Å². The lowest BCUT2D eigenvalue weighted by Crippen LogP contribution is -2.49. The molecule has 0 unspecified atom stereocenters. The van der Waals surface area contributed by atoms with Crippen molar-refractivity contribution in [3.05, 3.63) is 0 Å². The maximum Gasteiger partial charge on any atom is 0.584 e. The Balaban J connectivity index is 4.91. The molecule has 6 nitrogen and oxygen atoms in total. The zero-order valence-electron chi connectivity index (χ0n) is 15.2. The minimum absolute atomic E-state index is 0.440. The first-order valence-electron chi connectivity index (χ1n) is 7.29. The molecule has 0 spiro atoms. The lowest BCUT2D eigenvalue weighted by Gasteiger charge is -2.32. The second kappa shape index (κ2) is 7.50. The summed E-state index contributed by atoms with van der Waals surface area (Å²) in [6, 6.07) is 0.440. The highest BCUT2D eigenvalue weighted by Crippen LogP contribution is 2.25. The van der Waals surface area contributed by atoms with Crippen LogP contribution in [-0.4, -0.2) is 25.6 Å². The van der Waals surface area contributed by atoms with Gasteiger partial charge in [0.15, 0.2) is 0 Å². The van der Waals surface area contributed by atoms with Crippen LogP contribution in [-0.2, 0) is 28.4 Å². The van der Waals surface area contributed by atoms with Crippen LogP contribution < -0.4 is 0 Å². The second-order valence-electron chi connectivity index (χ2n) is 7.87. The van der Waals surface area contributed by atoms with Crippen LogP contribution in [0, 0.1) is 0 Å². The van der Waals surface area contributed by atoms with Crippen LogP contribution in [0.4, 0.5) is 0 Å². The molecule has 0 saturated heterocycles. The maximum atomic E-state index is 5.48. The Morgan fingerprint density at radius 1 is 0.571 bits per heavy atom. The standard InChI is InChI=1S/C14H32O6Si/c1-11-21(18-15-12(2,3)4,19-16-13(5,6)7)20-17-14(8,9)10/h11H2,1-10H3. The predicted molar refractivity (Wildman–Crippen MR) is 82.0 cm³/mol. The molecule has 0 saturated carbocycles. The van der Waals surface area contributed by atoms with Crippen LogP contribution >= 0.6 is 0 Å². The van der Waals surface area contributed by atoms with Crippen LogP contribution in [0.2, 0.25) is 6.04 Å². The Morgan fingerprint density at radius 3 is 0.952 bits per heavy atom. The van der Waals surface area contributed by atoms with Gasteiger partial charge in [-0.3, -0.25) is 0 Å². The molecule has 0 aliphatic rings. The molecule has 0 aromatic carbocycles. The molecule has 0 N–H and O–H groups in total. The Hall–Kier alpha value is -0.0231. The third-order valence-electron chi connectivity index (χ3n) is 1.69. The van der Waals surface area contributed by atoms with E-state index in [1.54, 1.807) is 0 Å². The molecule has 0 heterocycles. The van der Waals surface area contributed by atoms with Crippen molar-refractivity contribution in [1.82, 2.24) is 0 Å². The van der Waals surface area contributed by atoms with Crippen LogP contribution in [0.15, 0.2) is 0 Å². The van der Waals surface area contributed by atoms with E-state index in [4.69, 9.17) is 28.4 Å². The largest absolute Gasteiger partial charge is 0.584 e. The van der Waals surface area contributed by atoms with E-state index in [0.717, 1.165) is 0 Å². The van der Waals surface area contributed by atoms with E-state index in [1.165, 1.54) is 0 Å². The molecule has 0 aromatic rings. The van der Waals surface area contributed by atoms with Crippen molar-refractivity contribution in [2.24, 2.45) is 0 Å². The van der Waals surface area contributed by atoms with Crippen molar-refractivity contribution in [1.29, 1.82) is 0 Å². The second-order valence-corrected chi connectivity index (χ2v) is 10.4. The summed E-state index contributed by atoms with van der Waals surface area (Å²) in [4.78, 5) is 16.1. The number of hydrogen-bond donors (Lipinski definition) is 0. The van der Waals surface area contributed by atoms with Crippen molar-refractivity contribution in [3.63, 3.8) is 0 Å². The molecule has 0 atom stereocenters. The van der Waals surface area contributed by atoms with Crippen LogP contribution in [0.1, 0.15) is 69.2 Å². The quantitative estimate of drug-likeness (QED) is 0.398. The van der Waals surface area contributed by atoms with Crippen molar-refractivity contribution in [2.45, 2.75) is 92.1 Å². The fourth-order valence-corrected chi connectivity index (χ4v) is 2.35. The highest BCUT2D eigenvalue weighted by Gasteiger charge is 2.48. The van der Waals surface area contributed by atoms with Gasteiger partial charge in [-0.2, -0.15) is 0 Å². The summed E-state index contributed by atoms with van der Waals surface area (Å²) in [6.45, 7) is 18.7. The smallest absolute Gasteiger partial charge is 0.237 e. The predicted octanol–water partition coefficient (Wildman–Crippen LogP) is 4.19. The fourth-order valence-electron chi connectivity index (χ4n) is 0.784. The molecular formula is C14H32O6Si. The van der Waals surface area contributed by atoms with E-state index in [9.17, 15) is 0 Å². The van der Waals surface area contributed by atoms with Gasteiger partial charge in [0, 0.05) is 6.04 Å². The first-order valence-corrected chi connectivity index (χ1v) is 9.22. The minimum atomic E-state index is -3.27. The topological polar surface area (TPSA) is 55.4 Å². The van der Waals surface area contributed by atoms with Crippen LogP contribution in [0.3, 0.4) is 0 Å². The normalized spacial score (nSPS) is 14.6. The van der Waals surface area contributed by atoms with Crippen molar-refractivity contribution in [2.75, 3.05) is 0 Å². The zero-order chi connectivity index (χ0) is 16.9. The van der Waals surface area contributed by atoms with Gasteiger partial charge in [0.1, 0.15) is 0 Å². The SMILES string of the molecule is CC[Si](OOC(C)(C)C)(OOC(C)(C)C)OOC(C)(C)C. The number of hydrogen-bond acceptors (Lipinski definition) is 6. The number of rotatable bonds is 7. The van der Waals surface area contributed by atoms with Gasteiger partial charge < -0.3 is 0 Å². The van der Waals surface area contributed by atoms with E-state index in [2.05, 4.69) is 0 Å². The van der Waals surface area contributed by atoms with Crippen LogP contribution in [0.25, 0.3) is 0 Å². The summed E-state index contributed by atoms with van der Waals surface area (Å²) < 4.78 is 16.4. The molecular weight excluding hydrogens is 292 g/mol. The molecule has 0 amide bonds. The van der Waals surface area contributed by atoms with Crippen molar-refractivity contribution >= 4 is 8.80 Å². The molecule has 0 aromatic heterocycles. The lowest BCUT2D eigenvalue weighted by molar-refractivity contribution is -0.410. The average Bonchev–Trinajstić information content (AvgIpc) is 2.25. The van der Waals surface area contributed by atoms with Crippen molar-refractivity contribution < 1.29 is 28.4 Å². The Morgan fingerprint density at radius 2 is 0.810 bits per heavy atom. The molecule has 7 heteroatoms. The van der Waals surface area contributed by atoms with Gasteiger partial charge in [-0.1, -0.05) is 6.92 Å². The van der Waals surface area contributed by atoms with E-state index in [0.29, 0.717) is 6.04 Å². The molecule has 0 radical (unpaired) electrons.